The lowest BCUT2D eigenvalue weighted by atomic mass is 9.91. The van der Waals surface area contributed by atoms with Crippen LogP contribution >= 0.6 is 0 Å². The van der Waals surface area contributed by atoms with Gasteiger partial charge >= 0.3 is 5.97 Å². The summed E-state index contributed by atoms with van der Waals surface area (Å²) in [6.45, 7) is 2.78. The van der Waals surface area contributed by atoms with Crippen LogP contribution in [-0.2, 0) is 11.2 Å². The van der Waals surface area contributed by atoms with Crippen molar-refractivity contribution in [1.82, 2.24) is 0 Å². The molecule has 2 rings (SSSR count). The maximum atomic E-state index is 11.8. The van der Waals surface area contributed by atoms with Crippen molar-refractivity contribution in [2.45, 2.75) is 44.9 Å². The van der Waals surface area contributed by atoms with Crippen LogP contribution < -0.4 is 9.47 Å². The first-order valence-corrected chi connectivity index (χ1v) is 9.23. The van der Waals surface area contributed by atoms with E-state index < -0.39 is 11.9 Å². The molecule has 26 heavy (non-hydrogen) atoms. The van der Waals surface area contributed by atoms with E-state index in [1.54, 1.807) is 7.11 Å². The number of benzene rings is 2. The third-order valence-corrected chi connectivity index (χ3v) is 4.45. The summed E-state index contributed by atoms with van der Waals surface area (Å²) >= 11 is 0. The summed E-state index contributed by atoms with van der Waals surface area (Å²) in [6, 6.07) is 15.0. The van der Waals surface area contributed by atoms with E-state index in [4.69, 9.17) is 9.47 Å². The molecule has 1 atom stereocenters. The molecule has 1 N–H and O–H groups in total. The van der Waals surface area contributed by atoms with E-state index in [9.17, 15) is 9.90 Å². The number of ether oxygens (including phenoxy) is 2. The Bertz CT molecular complexity index is 682. The second-order valence-corrected chi connectivity index (χ2v) is 6.36. The molecule has 2 aromatic rings. The molecule has 0 amide bonds. The van der Waals surface area contributed by atoms with Crippen molar-refractivity contribution in [1.29, 1.82) is 0 Å². The highest BCUT2D eigenvalue weighted by Crippen LogP contribution is 2.34. The van der Waals surface area contributed by atoms with Gasteiger partial charge in [-0.2, -0.15) is 0 Å². The van der Waals surface area contributed by atoms with E-state index in [1.807, 2.05) is 48.5 Å². The Balaban J connectivity index is 2.20. The SMILES string of the molecule is CCCCCCOc1c(CC(C(=O)O)c2ccccc2)cccc1OC. The van der Waals surface area contributed by atoms with Crippen molar-refractivity contribution in [2.24, 2.45) is 0 Å². The van der Waals surface area contributed by atoms with E-state index >= 15 is 0 Å². The quantitative estimate of drug-likeness (QED) is 0.571. The number of methoxy groups -OCH3 is 1. The van der Waals surface area contributed by atoms with Crippen molar-refractivity contribution in [3.05, 3.63) is 59.7 Å². The first-order valence-electron chi connectivity index (χ1n) is 9.23. The summed E-state index contributed by atoms with van der Waals surface area (Å²) in [5.74, 6) is -0.150. The van der Waals surface area contributed by atoms with Gasteiger partial charge in [-0.25, -0.2) is 0 Å². The molecule has 0 aromatic heterocycles. The van der Waals surface area contributed by atoms with E-state index in [-0.39, 0.29) is 0 Å². The highest BCUT2D eigenvalue weighted by molar-refractivity contribution is 5.76. The lowest BCUT2D eigenvalue weighted by Crippen LogP contribution is -2.15. The van der Waals surface area contributed by atoms with Crippen LogP contribution in [0.4, 0.5) is 0 Å². The summed E-state index contributed by atoms with van der Waals surface area (Å²) in [5.41, 5.74) is 1.65. The average Bonchev–Trinajstić information content (AvgIpc) is 2.66. The molecule has 2 aromatic carbocycles. The Morgan fingerprint density at radius 1 is 1.04 bits per heavy atom. The zero-order valence-corrected chi connectivity index (χ0v) is 15.6. The largest absolute Gasteiger partial charge is 0.493 e. The van der Waals surface area contributed by atoms with E-state index in [0.717, 1.165) is 24.0 Å². The van der Waals surface area contributed by atoms with Crippen LogP contribution in [0.2, 0.25) is 0 Å². The third kappa shape index (κ3) is 5.51. The van der Waals surface area contributed by atoms with Crippen molar-refractivity contribution in [3.63, 3.8) is 0 Å². The van der Waals surface area contributed by atoms with Crippen LogP contribution in [0.1, 0.15) is 49.7 Å². The van der Waals surface area contributed by atoms with Crippen LogP contribution in [0.15, 0.2) is 48.5 Å². The van der Waals surface area contributed by atoms with Gasteiger partial charge < -0.3 is 14.6 Å². The number of unbranched alkanes of at least 4 members (excludes halogenated alkanes) is 3. The lowest BCUT2D eigenvalue weighted by Gasteiger charge is -2.18. The number of rotatable bonds is 11. The standard InChI is InChI=1S/C22H28O4/c1-3-4-5-9-15-26-21-18(13-10-14-20(21)25-2)16-19(22(23)24)17-11-7-6-8-12-17/h6-8,10-14,19H,3-5,9,15-16H2,1-2H3,(H,23,24). The highest BCUT2D eigenvalue weighted by atomic mass is 16.5. The van der Waals surface area contributed by atoms with Gasteiger partial charge in [-0.15, -0.1) is 0 Å². The molecule has 0 saturated heterocycles. The molecular formula is C22H28O4. The van der Waals surface area contributed by atoms with E-state index in [2.05, 4.69) is 6.92 Å². The molecule has 4 heteroatoms. The fourth-order valence-corrected chi connectivity index (χ4v) is 3.00. The zero-order chi connectivity index (χ0) is 18.8. The number of carboxylic acids is 1. The molecule has 4 nitrogen and oxygen atoms in total. The maximum Gasteiger partial charge on any atom is 0.311 e. The number of aliphatic carboxylic acids is 1. The lowest BCUT2D eigenvalue weighted by molar-refractivity contribution is -0.138. The third-order valence-electron chi connectivity index (χ3n) is 4.45. The Kier molecular flexibility index (Phi) is 8.00. The zero-order valence-electron chi connectivity index (χ0n) is 15.6. The molecule has 0 aliphatic rings. The van der Waals surface area contributed by atoms with Crippen molar-refractivity contribution < 1.29 is 19.4 Å². The van der Waals surface area contributed by atoms with Crippen LogP contribution in [0.3, 0.4) is 0 Å². The number of hydrogen-bond acceptors (Lipinski definition) is 3. The molecule has 0 aliphatic heterocycles. The molecule has 0 aliphatic carbocycles. The number of para-hydroxylation sites is 1. The van der Waals surface area contributed by atoms with Gasteiger partial charge in [0.2, 0.25) is 0 Å². The van der Waals surface area contributed by atoms with Crippen LogP contribution in [0.25, 0.3) is 0 Å². The number of hydrogen-bond donors (Lipinski definition) is 1. The molecule has 140 valence electrons. The minimum absolute atomic E-state index is 0.362. The Hall–Kier alpha value is -2.49. The normalized spacial score (nSPS) is 11.8. The molecule has 0 radical (unpaired) electrons. The summed E-state index contributed by atoms with van der Waals surface area (Å²) in [4.78, 5) is 11.8. The minimum Gasteiger partial charge on any atom is -0.493 e. The predicted molar refractivity (Wildman–Crippen MR) is 103 cm³/mol. The molecular weight excluding hydrogens is 328 g/mol. The monoisotopic (exact) mass is 356 g/mol. The van der Waals surface area contributed by atoms with Crippen LogP contribution in [0, 0.1) is 0 Å². The van der Waals surface area contributed by atoms with Crippen molar-refractivity contribution in [2.75, 3.05) is 13.7 Å². The summed E-state index contributed by atoms with van der Waals surface area (Å²) in [6.07, 6.45) is 4.84. The van der Waals surface area contributed by atoms with Gasteiger partial charge in [0.25, 0.3) is 0 Å². The van der Waals surface area contributed by atoms with Crippen molar-refractivity contribution >= 4 is 5.97 Å². The second kappa shape index (κ2) is 10.5. The van der Waals surface area contributed by atoms with Crippen LogP contribution in [0.5, 0.6) is 11.5 Å². The average molecular weight is 356 g/mol. The van der Waals surface area contributed by atoms with Gasteiger partial charge in [-0.3, -0.25) is 4.79 Å². The predicted octanol–water partition coefficient (Wildman–Crippen LogP) is 5.07. The molecule has 0 spiro atoms. The number of carboxylic acid groups (broad SMARTS) is 1. The van der Waals surface area contributed by atoms with Crippen molar-refractivity contribution in [3.8, 4) is 11.5 Å². The Morgan fingerprint density at radius 2 is 1.81 bits per heavy atom. The van der Waals surface area contributed by atoms with Gasteiger partial charge in [0.1, 0.15) is 0 Å². The molecule has 0 heterocycles. The summed E-state index contributed by atoms with van der Waals surface area (Å²) in [7, 11) is 1.61. The van der Waals surface area contributed by atoms with Gasteiger partial charge in [-0.05, 0) is 30.0 Å². The van der Waals surface area contributed by atoms with Gasteiger partial charge in [-0.1, -0.05) is 68.7 Å². The fourth-order valence-electron chi connectivity index (χ4n) is 3.00. The molecule has 0 fully saturated rings. The van der Waals surface area contributed by atoms with E-state index in [1.165, 1.54) is 12.8 Å². The Labute approximate surface area is 155 Å². The van der Waals surface area contributed by atoms with Gasteiger partial charge in [0.15, 0.2) is 11.5 Å². The topological polar surface area (TPSA) is 55.8 Å². The highest BCUT2D eigenvalue weighted by Gasteiger charge is 2.23. The summed E-state index contributed by atoms with van der Waals surface area (Å²) < 4.78 is 11.4. The molecule has 1 unspecified atom stereocenters. The second-order valence-electron chi connectivity index (χ2n) is 6.36. The Morgan fingerprint density at radius 3 is 2.46 bits per heavy atom. The molecule has 0 saturated carbocycles. The smallest absolute Gasteiger partial charge is 0.311 e. The summed E-state index contributed by atoms with van der Waals surface area (Å²) in [5, 5.41) is 9.71. The number of carbonyl (C=O) groups is 1. The maximum absolute atomic E-state index is 11.8. The van der Waals surface area contributed by atoms with Gasteiger partial charge in [0.05, 0.1) is 19.6 Å². The first kappa shape index (κ1) is 19.8. The molecule has 0 bridgehead atoms. The minimum atomic E-state index is -0.840. The fraction of sp³-hybridized carbons (Fsp3) is 0.409. The van der Waals surface area contributed by atoms with E-state index in [0.29, 0.717) is 24.5 Å². The van der Waals surface area contributed by atoms with Crippen LogP contribution in [-0.4, -0.2) is 24.8 Å². The first-order chi connectivity index (χ1) is 12.7. The van der Waals surface area contributed by atoms with Gasteiger partial charge in [0, 0.05) is 0 Å².